The first kappa shape index (κ1) is 19.9. The van der Waals surface area contributed by atoms with Crippen molar-refractivity contribution in [2.24, 2.45) is 0 Å². The summed E-state index contributed by atoms with van der Waals surface area (Å²) in [4.78, 5) is 19.3. The van der Waals surface area contributed by atoms with Crippen LogP contribution in [0.3, 0.4) is 0 Å². The zero-order valence-electron chi connectivity index (χ0n) is 15.7. The minimum Gasteiger partial charge on any atom is -0.422 e. The maximum absolute atomic E-state index is 12.6. The third-order valence-electron chi connectivity index (χ3n) is 4.72. The van der Waals surface area contributed by atoms with Crippen LogP contribution in [-0.2, 0) is 9.05 Å². The molecule has 29 heavy (non-hydrogen) atoms. The molecule has 0 saturated carbocycles. The Morgan fingerprint density at radius 1 is 1.10 bits per heavy atom. The Bertz CT molecular complexity index is 1390. The number of anilines is 1. The lowest BCUT2D eigenvalue weighted by molar-refractivity contribution is 0.563. The monoisotopic (exact) mass is 448 g/mol. The number of nitrogens with zero attached hydrogens (tertiary/aromatic N) is 2. The third kappa shape index (κ3) is 3.75. The molecule has 0 aliphatic rings. The van der Waals surface area contributed by atoms with Gasteiger partial charge in [0.25, 0.3) is 9.05 Å². The number of benzene rings is 2. The van der Waals surface area contributed by atoms with E-state index in [0.717, 1.165) is 24.2 Å². The molecule has 6 nitrogen and oxygen atoms in total. The van der Waals surface area contributed by atoms with Gasteiger partial charge >= 0.3 is 5.63 Å². The van der Waals surface area contributed by atoms with E-state index in [0.29, 0.717) is 26.4 Å². The van der Waals surface area contributed by atoms with Crippen molar-refractivity contribution in [2.45, 2.75) is 18.7 Å². The van der Waals surface area contributed by atoms with E-state index in [1.54, 1.807) is 12.1 Å². The highest BCUT2D eigenvalue weighted by Gasteiger charge is 2.16. The molecule has 0 unspecified atom stereocenters. The van der Waals surface area contributed by atoms with E-state index in [1.807, 2.05) is 18.2 Å². The summed E-state index contributed by atoms with van der Waals surface area (Å²) in [6, 6.07) is 12.0. The summed E-state index contributed by atoms with van der Waals surface area (Å²) >= 11 is 1.22. The van der Waals surface area contributed by atoms with Crippen LogP contribution < -0.4 is 10.5 Å². The SMILES string of the molecule is CCN(CC)c1ccc2cc(-c3nc4ccc(S(=O)(=O)Cl)cc4s3)c(=O)oc2c1. The Balaban J connectivity index is 1.82. The van der Waals surface area contributed by atoms with Gasteiger partial charge in [0, 0.05) is 40.9 Å². The van der Waals surface area contributed by atoms with Gasteiger partial charge in [0.2, 0.25) is 0 Å². The van der Waals surface area contributed by atoms with Gasteiger partial charge in [-0.05, 0) is 50.2 Å². The molecule has 2 aromatic heterocycles. The fraction of sp³-hybridized carbons (Fsp3) is 0.200. The summed E-state index contributed by atoms with van der Waals surface area (Å²) in [6.45, 7) is 5.86. The quantitative estimate of drug-likeness (QED) is 0.321. The van der Waals surface area contributed by atoms with Gasteiger partial charge < -0.3 is 9.32 Å². The second kappa shape index (κ2) is 7.44. The summed E-state index contributed by atoms with van der Waals surface area (Å²) in [6.07, 6.45) is 0. The topological polar surface area (TPSA) is 80.5 Å². The van der Waals surface area contributed by atoms with Crippen LogP contribution in [0.15, 0.2) is 56.6 Å². The molecule has 0 aliphatic carbocycles. The summed E-state index contributed by atoms with van der Waals surface area (Å²) in [5.74, 6) is 0. The number of aromatic nitrogens is 1. The van der Waals surface area contributed by atoms with Crippen LogP contribution in [0, 0.1) is 0 Å². The highest BCUT2D eigenvalue weighted by atomic mass is 35.7. The van der Waals surface area contributed by atoms with Crippen LogP contribution in [0.4, 0.5) is 5.69 Å². The second-order valence-corrected chi connectivity index (χ2v) is 10.0. The third-order valence-corrected chi connectivity index (χ3v) is 7.12. The Hall–Kier alpha value is -2.42. The molecule has 150 valence electrons. The van der Waals surface area contributed by atoms with Crippen molar-refractivity contribution in [3.05, 3.63) is 52.9 Å². The second-order valence-electron chi connectivity index (χ2n) is 6.43. The molecule has 4 rings (SSSR count). The van der Waals surface area contributed by atoms with Crippen LogP contribution in [0.25, 0.3) is 31.8 Å². The van der Waals surface area contributed by atoms with Crippen LogP contribution >= 0.6 is 22.0 Å². The average Bonchev–Trinajstić information content (AvgIpc) is 3.10. The first-order chi connectivity index (χ1) is 13.8. The lowest BCUT2D eigenvalue weighted by atomic mass is 10.1. The molecular weight excluding hydrogens is 432 g/mol. The van der Waals surface area contributed by atoms with Crippen molar-refractivity contribution >= 4 is 57.9 Å². The van der Waals surface area contributed by atoms with E-state index in [1.165, 1.54) is 23.5 Å². The summed E-state index contributed by atoms with van der Waals surface area (Å²) in [5.41, 5.74) is 1.95. The lowest BCUT2D eigenvalue weighted by Gasteiger charge is -2.20. The van der Waals surface area contributed by atoms with Gasteiger partial charge in [-0.2, -0.15) is 0 Å². The molecule has 2 heterocycles. The van der Waals surface area contributed by atoms with Gasteiger partial charge in [0.1, 0.15) is 10.6 Å². The Morgan fingerprint density at radius 2 is 1.86 bits per heavy atom. The first-order valence-electron chi connectivity index (χ1n) is 8.98. The van der Waals surface area contributed by atoms with Crippen molar-refractivity contribution in [1.82, 2.24) is 4.98 Å². The molecule has 0 aliphatic heterocycles. The summed E-state index contributed by atoms with van der Waals surface area (Å²) in [7, 11) is 1.58. The van der Waals surface area contributed by atoms with Gasteiger partial charge in [-0.3, -0.25) is 0 Å². The first-order valence-corrected chi connectivity index (χ1v) is 12.1. The van der Waals surface area contributed by atoms with E-state index in [2.05, 4.69) is 23.7 Å². The molecule has 0 amide bonds. The number of thiazole rings is 1. The highest BCUT2D eigenvalue weighted by Crippen LogP contribution is 2.32. The fourth-order valence-corrected chi connectivity index (χ4v) is 5.07. The molecule has 0 bridgehead atoms. The van der Waals surface area contributed by atoms with Gasteiger partial charge in [-0.1, -0.05) is 0 Å². The van der Waals surface area contributed by atoms with Crippen molar-refractivity contribution in [3.63, 3.8) is 0 Å². The minimum absolute atomic E-state index is 0.00338. The Labute approximate surface area is 175 Å². The van der Waals surface area contributed by atoms with Gasteiger partial charge in [-0.25, -0.2) is 18.2 Å². The molecule has 0 radical (unpaired) electrons. The highest BCUT2D eigenvalue weighted by molar-refractivity contribution is 8.13. The molecular formula is C20H17ClN2O4S2. The normalized spacial score (nSPS) is 12.0. The lowest BCUT2D eigenvalue weighted by Crippen LogP contribution is -2.21. The molecule has 0 atom stereocenters. The van der Waals surface area contributed by atoms with Crippen molar-refractivity contribution in [2.75, 3.05) is 18.0 Å². The fourth-order valence-electron chi connectivity index (χ4n) is 3.21. The number of fused-ring (bicyclic) bond motifs is 2. The smallest absolute Gasteiger partial charge is 0.346 e. The molecule has 9 heteroatoms. The molecule has 0 N–H and O–H groups in total. The van der Waals surface area contributed by atoms with E-state index in [-0.39, 0.29) is 4.90 Å². The maximum Gasteiger partial charge on any atom is 0.346 e. The summed E-state index contributed by atoms with van der Waals surface area (Å²) in [5, 5.41) is 1.26. The minimum atomic E-state index is -3.84. The predicted octanol–water partition coefficient (Wildman–Crippen LogP) is 4.84. The van der Waals surface area contributed by atoms with Crippen molar-refractivity contribution < 1.29 is 12.8 Å². The van der Waals surface area contributed by atoms with E-state index in [4.69, 9.17) is 15.1 Å². The van der Waals surface area contributed by atoms with Gasteiger partial charge in [-0.15, -0.1) is 11.3 Å². The molecule has 0 saturated heterocycles. The van der Waals surface area contributed by atoms with E-state index >= 15 is 0 Å². The van der Waals surface area contributed by atoms with Crippen molar-refractivity contribution in [3.8, 4) is 10.6 Å². The molecule has 4 aromatic rings. The zero-order chi connectivity index (χ0) is 20.8. The van der Waals surface area contributed by atoms with Crippen LogP contribution in [-0.4, -0.2) is 26.5 Å². The molecule has 0 spiro atoms. The van der Waals surface area contributed by atoms with E-state index < -0.39 is 14.7 Å². The van der Waals surface area contributed by atoms with Crippen LogP contribution in [0.5, 0.6) is 0 Å². The largest absolute Gasteiger partial charge is 0.422 e. The molecule has 0 fully saturated rings. The van der Waals surface area contributed by atoms with Crippen LogP contribution in [0.2, 0.25) is 0 Å². The Morgan fingerprint density at radius 3 is 2.55 bits per heavy atom. The maximum atomic E-state index is 12.6. The molecule has 2 aromatic carbocycles. The van der Waals surface area contributed by atoms with Gasteiger partial charge in [0.15, 0.2) is 0 Å². The average molecular weight is 449 g/mol. The summed E-state index contributed by atoms with van der Waals surface area (Å²) < 4.78 is 29.3. The van der Waals surface area contributed by atoms with Crippen molar-refractivity contribution in [1.29, 1.82) is 0 Å². The standard InChI is InChI=1S/C20H17ClN2O4S2/c1-3-23(4-2)13-6-5-12-9-15(20(24)27-17(12)10-13)19-22-16-8-7-14(29(21,25)26)11-18(16)28-19/h5-11H,3-4H2,1-2H3. The van der Waals surface area contributed by atoms with E-state index in [9.17, 15) is 13.2 Å². The van der Waals surface area contributed by atoms with Gasteiger partial charge in [0.05, 0.1) is 20.7 Å². The van der Waals surface area contributed by atoms with Crippen LogP contribution in [0.1, 0.15) is 13.8 Å². The number of hydrogen-bond donors (Lipinski definition) is 0. The number of hydrogen-bond acceptors (Lipinski definition) is 7. The number of halogens is 1. The zero-order valence-corrected chi connectivity index (χ0v) is 18.1. The number of rotatable bonds is 5. The predicted molar refractivity (Wildman–Crippen MR) is 118 cm³/mol. The Kier molecular flexibility index (Phi) is 5.10.